The quantitative estimate of drug-likeness (QED) is 0.882. The molecule has 0 saturated carbocycles. The van der Waals surface area contributed by atoms with Crippen molar-refractivity contribution in [2.45, 2.75) is 6.92 Å². The second-order valence-electron chi connectivity index (χ2n) is 3.50. The number of hydrogen-bond acceptors (Lipinski definition) is 4. The van der Waals surface area contributed by atoms with Gasteiger partial charge in [-0.2, -0.15) is 4.98 Å². The third-order valence-corrected chi connectivity index (χ3v) is 2.36. The third kappa shape index (κ3) is 2.50. The van der Waals surface area contributed by atoms with E-state index in [4.69, 9.17) is 5.73 Å². The first-order valence-corrected chi connectivity index (χ1v) is 5.32. The van der Waals surface area contributed by atoms with Gasteiger partial charge in [0, 0.05) is 18.4 Å². The second kappa shape index (κ2) is 4.78. The molecular weight excluding hydrogens is 219 g/mol. The summed E-state index contributed by atoms with van der Waals surface area (Å²) in [6, 6.07) is 7.81. The molecule has 4 nitrogen and oxygen atoms in total. The van der Waals surface area contributed by atoms with Crippen LogP contribution < -0.4 is 10.6 Å². The first-order chi connectivity index (χ1) is 8.20. The highest BCUT2D eigenvalue weighted by Gasteiger charge is 2.10. The van der Waals surface area contributed by atoms with E-state index in [9.17, 15) is 4.39 Å². The molecule has 88 valence electrons. The van der Waals surface area contributed by atoms with E-state index in [2.05, 4.69) is 9.97 Å². The van der Waals surface area contributed by atoms with E-state index in [0.29, 0.717) is 18.3 Å². The lowest BCUT2D eigenvalue weighted by molar-refractivity contribution is 0.627. The molecule has 0 amide bonds. The van der Waals surface area contributed by atoms with Crippen LogP contribution in [0, 0.1) is 5.82 Å². The highest BCUT2D eigenvalue weighted by Crippen LogP contribution is 2.21. The van der Waals surface area contributed by atoms with Crippen LogP contribution in [0.1, 0.15) is 6.92 Å². The lowest BCUT2D eigenvalue weighted by Crippen LogP contribution is -2.19. The van der Waals surface area contributed by atoms with Crippen LogP contribution in [0.4, 0.5) is 21.8 Å². The number of benzene rings is 1. The zero-order valence-electron chi connectivity index (χ0n) is 9.47. The number of rotatable bonds is 3. The fourth-order valence-corrected chi connectivity index (χ4v) is 1.55. The van der Waals surface area contributed by atoms with Gasteiger partial charge in [-0.3, -0.25) is 0 Å². The predicted molar refractivity (Wildman–Crippen MR) is 65.5 cm³/mol. The van der Waals surface area contributed by atoms with Crippen LogP contribution >= 0.6 is 0 Å². The Kier molecular flexibility index (Phi) is 3.18. The lowest BCUT2D eigenvalue weighted by atomic mass is 10.3. The summed E-state index contributed by atoms with van der Waals surface area (Å²) in [5.41, 5.74) is 6.45. The van der Waals surface area contributed by atoms with E-state index in [1.54, 1.807) is 24.4 Å². The molecular formula is C12H13FN4. The van der Waals surface area contributed by atoms with Crippen molar-refractivity contribution in [3.63, 3.8) is 0 Å². The largest absolute Gasteiger partial charge is 0.384 e. The SMILES string of the molecule is CCN(c1ccc(F)cc1)c1nccc(N)n1. The second-order valence-corrected chi connectivity index (χ2v) is 3.50. The smallest absolute Gasteiger partial charge is 0.231 e. The highest BCUT2D eigenvalue weighted by atomic mass is 19.1. The van der Waals surface area contributed by atoms with Gasteiger partial charge in [0.05, 0.1) is 0 Å². The summed E-state index contributed by atoms with van der Waals surface area (Å²) in [5, 5.41) is 0. The summed E-state index contributed by atoms with van der Waals surface area (Å²) < 4.78 is 12.9. The van der Waals surface area contributed by atoms with Gasteiger partial charge in [0.2, 0.25) is 5.95 Å². The van der Waals surface area contributed by atoms with Gasteiger partial charge in [-0.15, -0.1) is 0 Å². The molecule has 17 heavy (non-hydrogen) atoms. The minimum atomic E-state index is -0.265. The maximum Gasteiger partial charge on any atom is 0.231 e. The molecule has 0 fully saturated rings. The van der Waals surface area contributed by atoms with Crippen LogP contribution in [0.15, 0.2) is 36.5 Å². The van der Waals surface area contributed by atoms with Crippen LogP contribution in [0.5, 0.6) is 0 Å². The standard InChI is InChI=1S/C12H13FN4/c1-2-17(10-5-3-9(13)4-6-10)12-15-8-7-11(14)16-12/h3-8H,2H2,1H3,(H2,14,15,16). The molecule has 2 aromatic rings. The normalized spacial score (nSPS) is 10.2. The molecule has 0 aliphatic rings. The Morgan fingerprint density at radius 3 is 2.53 bits per heavy atom. The molecule has 0 radical (unpaired) electrons. The van der Waals surface area contributed by atoms with Crippen molar-refractivity contribution in [3.05, 3.63) is 42.3 Å². The van der Waals surface area contributed by atoms with Gasteiger partial charge < -0.3 is 10.6 Å². The van der Waals surface area contributed by atoms with Gasteiger partial charge in [0.15, 0.2) is 0 Å². The average Bonchev–Trinajstić information content (AvgIpc) is 2.33. The van der Waals surface area contributed by atoms with Crippen LogP contribution in [0.25, 0.3) is 0 Å². The number of nitrogens with zero attached hydrogens (tertiary/aromatic N) is 3. The number of aromatic nitrogens is 2. The Morgan fingerprint density at radius 1 is 1.24 bits per heavy atom. The minimum Gasteiger partial charge on any atom is -0.384 e. The number of nitrogens with two attached hydrogens (primary N) is 1. The van der Waals surface area contributed by atoms with Crippen molar-refractivity contribution in [1.82, 2.24) is 9.97 Å². The summed E-state index contributed by atoms with van der Waals surface area (Å²) >= 11 is 0. The van der Waals surface area contributed by atoms with Crippen molar-refractivity contribution < 1.29 is 4.39 Å². The molecule has 2 N–H and O–H groups in total. The average molecular weight is 232 g/mol. The Labute approximate surface area is 98.9 Å². The van der Waals surface area contributed by atoms with Crippen molar-refractivity contribution in [2.75, 3.05) is 17.2 Å². The zero-order valence-corrected chi connectivity index (χ0v) is 9.47. The summed E-state index contributed by atoms with van der Waals surface area (Å²) in [5.74, 6) is 0.660. The van der Waals surface area contributed by atoms with Crippen molar-refractivity contribution in [1.29, 1.82) is 0 Å². The number of hydrogen-bond donors (Lipinski definition) is 1. The van der Waals surface area contributed by atoms with E-state index < -0.39 is 0 Å². The van der Waals surface area contributed by atoms with E-state index in [1.807, 2.05) is 11.8 Å². The van der Waals surface area contributed by atoms with Crippen molar-refractivity contribution in [3.8, 4) is 0 Å². The van der Waals surface area contributed by atoms with Crippen molar-refractivity contribution >= 4 is 17.5 Å². The van der Waals surface area contributed by atoms with Gasteiger partial charge >= 0.3 is 0 Å². The summed E-state index contributed by atoms with van der Waals surface area (Å²) in [6.45, 7) is 2.64. The Bertz CT molecular complexity index is 498. The lowest BCUT2D eigenvalue weighted by Gasteiger charge is -2.20. The first kappa shape index (κ1) is 11.3. The molecule has 0 unspecified atom stereocenters. The Hall–Kier alpha value is -2.17. The molecule has 0 spiro atoms. The minimum absolute atomic E-state index is 0.265. The predicted octanol–water partition coefficient (Wildman–Crippen LogP) is 2.36. The van der Waals surface area contributed by atoms with Gasteiger partial charge in [0.1, 0.15) is 11.6 Å². The van der Waals surface area contributed by atoms with Gasteiger partial charge in [0.25, 0.3) is 0 Å². The van der Waals surface area contributed by atoms with E-state index in [0.717, 1.165) is 5.69 Å². The Balaban J connectivity index is 2.36. The summed E-state index contributed by atoms with van der Waals surface area (Å²) in [7, 11) is 0. The van der Waals surface area contributed by atoms with Gasteiger partial charge in [-0.05, 0) is 37.3 Å². The van der Waals surface area contributed by atoms with Crippen molar-refractivity contribution in [2.24, 2.45) is 0 Å². The monoisotopic (exact) mass is 232 g/mol. The molecule has 1 heterocycles. The molecule has 0 atom stereocenters. The molecule has 0 saturated heterocycles. The van der Waals surface area contributed by atoms with Gasteiger partial charge in [-0.25, -0.2) is 9.37 Å². The molecule has 0 aliphatic carbocycles. The fourth-order valence-electron chi connectivity index (χ4n) is 1.55. The van der Waals surface area contributed by atoms with Gasteiger partial charge in [-0.1, -0.05) is 0 Å². The third-order valence-electron chi connectivity index (χ3n) is 2.36. The van der Waals surface area contributed by atoms with Crippen LogP contribution in [0.2, 0.25) is 0 Å². The maximum atomic E-state index is 12.9. The molecule has 0 aliphatic heterocycles. The number of nitrogen functional groups attached to an aromatic ring is 1. The van der Waals surface area contributed by atoms with Crippen LogP contribution in [-0.2, 0) is 0 Å². The zero-order chi connectivity index (χ0) is 12.3. The number of anilines is 3. The van der Waals surface area contributed by atoms with E-state index >= 15 is 0 Å². The van der Waals surface area contributed by atoms with Crippen LogP contribution in [0.3, 0.4) is 0 Å². The molecule has 1 aromatic heterocycles. The van der Waals surface area contributed by atoms with E-state index in [-0.39, 0.29) is 5.82 Å². The highest BCUT2D eigenvalue weighted by molar-refractivity contribution is 5.57. The molecule has 0 bridgehead atoms. The van der Waals surface area contributed by atoms with Crippen LogP contribution in [-0.4, -0.2) is 16.5 Å². The molecule has 5 heteroatoms. The Morgan fingerprint density at radius 2 is 1.94 bits per heavy atom. The topological polar surface area (TPSA) is 55.0 Å². The van der Waals surface area contributed by atoms with E-state index in [1.165, 1.54) is 12.1 Å². The number of halogens is 1. The fraction of sp³-hybridized carbons (Fsp3) is 0.167. The summed E-state index contributed by atoms with van der Waals surface area (Å²) in [4.78, 5) is 10.1. The summed E-state index contributed by atoms with van der Waals surface area (Å²) in [6.07, 6.45) is 1.60. The first-order valence-electron chi connectivity index (χ1n) is 5.32. The molecule has 1 aromatic carbocycles. The maximum absolute atomic E-state index is 12.9. The molecule has 2 rings (SSSR count).